The fraction of sp³-hybridized carbons (Fsp3) is 0.133. The van der Waals surface area contributed by atoms with Crippen LogP contribution >= 0.6 is 11.6 Å². The number of nitrogens with zero attached hydrogens (tertiary/aromatic N) is 2. The second-order valence-corrected chi connectivity index (χ2v) is 4.77. The largest absolute Gasteiger partial charge is 0.347 e. The van der Waals surface area contributed by atoms with Gasteiger partial charge in [0.05, 0.1) is 10.7 Å². The molecule has 21 heavy (non-hydrogen) atoms. The van der Waals surface area contributed by atoms with Crippen LogP contribution in [0.1, 0.15) is 16.2 Å². The van der Waals surface area contributed by atoms with Crippen molar-refractivity contribution in [2.24, 2.45) is 0 Å². The van der Waals surface area contributed by atoms with Gasteiger partial charge >= 0.3 is 0 Å². The molecular formula is C15H14ClN3O2. The molecule has 1 aromatic carbocycles. The molecule has 0 aliphatic carbocycles. The molecule has 0 radical (unpaired) electrons. The van der Waals surface area contributed by atoms with Crippen molar-refractivity contribution in [2.45, 2.75) is 6.92 Å². The molecule has 0 bridgehead atoms. The van der Waals surface area contributed by atoms with Gasteiger partial charge in [-0.1, -0.05) is 29.8 Å². The summed E-state index contributed by atoms with van der Waals surface area (Å²) in [6.07, 6.45) is 1.53. The molecule has 1 amide bonds. The number of aryl methyl sites for hydroxylation is 1. The van der Waals surface area contributed by atoms with Crippen molar-refractivity contribution in [3.05, 3.63) is 69.6 Å². The van der Waals surface area contributed by atoms with Gasteiger partial charge in [0, 0.05) is 18.3 Å². The molecule has 5 nitrogen and oxygen atoms in total. The maximum Gasteiger partial charge on any atom is 0.276 e. The van der Waals surface area contributed by atoms with E-state index < -0.39 is 11.3 Å². The Balaban J connectivity index is 2.54. The predicted molar refractivity (Wildman–Crippen MR) is 82.1 cm³/mol. The van der Waals surface area contributed by atoms with Gasteiger partial charge in [0.1, 0.15) is 0 Å². The Hall–Kier alpha value is -2.40. The molecule has 108 valence electrons. The average Bonchev–Trinajstić information content (AvgIpc) is 2.46. The highest BCUT2D eigenvalue weighted by molar-refractivity contribution is 6.32. The molecule has 0 atom stereocenters. The van der Waals surface area contributed by atoms with Gasteiger partial charge in [0.15, 0.2) is 5.69 Å². The molecule has 6 heteroatoms. The van der Waals surface area contributed by atoms with E-state index in [2.05, 4.69) is 17.0 Å². The van der Waals surface area contributed by atoms with Gasteiger partial charge in [0.25, 0.3) is 5.91 Å². The van der Waals surface area contributed by atoms with Gasteiger partial charge < -0.3 is 5.32 Å². The zero-order valence-electron chi connectivity index (χ0n) is 11.5. The van der Waals surface area contributed by atoms with Gasteiger partial charge in [0.2, 0.25) is 5.43 Å². The van der Waals surface area contributed by atoms with Crippen LogP contribution in [0.4, 0.5) is 0 Å². The monoisotopic (exact) mass is 303 g/mol. The molecule has 0 aliphatic rings. The number of aromatic nitrogens is 2. The number of carbonyl (C=O) groups is 1. The van der Waals surface area contributed by atoms with Crippen molar-refractivity contribution < 1.29 is 4.79 Å². The molecule has 0 spiro atoms. The minimum absolute atomic E-state index is 0.178. The van der Waals surface area contributed by atoms with Gasteiger partial charge in [-0.2, -0.15) is 5.10 Å². The van der Waals surface area contributed by atoms with E-state index in [0.29, 0.717) is 16.4 Å². The van der Waals surface area contributed by atoms with E-state index in [1.165, 1.54) is 16.8 Å². The van der Waals surface area contributed by atoms with Crippen molar-refractivity contribution in [2.75, 3.05) is 6.54 Å². The van der Waals surface area contributed by atoms with Gasteiger partial charge in [-0.15, -0.1) is 6.58 Å². The average molecular weight is 304 g/mol. The second-order valence-electron chi connectivity index (χ2n) is 4.36. The van der Waals surface area contributed by atoms with Crippen LogP contribution in [-0.4, -0.2) is 22.2 Å². The normalized spacial score (nSPS) is 10.2. The molecule has 0 fully saturated rings. The van der Waals surface area contributed by atoms with Crippen LogP contribution in [0, 0.1) is 6.92 Å². The Bertz CT molecular complexity index is 753. The van der Waals surface area contributed by atoms with E-state index >= 15 is 0 Å². The van der Waals surface area contributed by atoms with E-state index in [4.69, 9.17) is 11.6 Å². The summed E-state index contributed by atoms with van der Waals surface area (Å²) in [5, 5.41) is 7.15. The molecule has 0 unspecified atom stereocenters. The summed E-state index contributed by atoms with van der Waals surface area (Å²) in [5.41, 5.74) is 0.586. The number of hydrogen-bond donors (Lipinski definition) is 1. The highest BCUT2D eigenvalue weighted by atomic mass is 35.5. The molecule has 0 saturated heterocycles. The lowest BCUT2D eigenvalue weighted by Crippen LogP contribution is -2.32. The Morgan fingerprint density at radius 2 is 2.19 bits per heavy atom. The minimum atomic E-state index is -0.541. The number of halogens is 1. The standard InChI is InChI=1S/C15H14ClN3O2/c1-3-8-17-15(21)14-13(20)9-10(2)19(18-14)12-7-5-4-6-11(12)16/h3-7,9H,1,8H2,2H3,(H,17,21). The first-order chi connectivity index (χ1) is 10.0. The lowest BCUT2D eigenvalue weighted by Gasteiger charge is -2.12. The third-order valence-corrected chi connectivity index (χ3v) is 3.13. The molecule has 1 aromatic heterocycles. The highest BCUT2D eigenvalue weighted by Gasteiger charge is 2.15. The number of para-hydroxylation sites is 1. The Morgan fingerprint density at radius 1 is 1.48 bits per heavy atom. The summed E-state index contributed by atoms with van der Waals surface area (Å²) in [7, 11) is 0. The first-order valence-corrected chi connectivity index (χ1v) is 6.67. The number of rotatable bonds is 4. The molecule has 0 aliphatic heterocycles. The number of amides is 1. The maximum atomic E-state index is 11.9. The lowest BCUT2D eigenvalue weighted by atomic mass is 10.2. The van der Waals surface area contributed by atoms with Crippen LogP contribution in [0.25, 0.3) is 5.69 Å². The molecule has 0 saturated carbocycles. The van der Waals surface area contributed by atoms with Gasteiger partial charge in [-0.3, -0.25) is 9.59 Å². The fourth-order valence-corrected chi connectivity index (χ4v) is 2.04. The van der Waals surface area contributed by atoms with Crippen molar-refractivity contribution in [3.63, 3.8) is 0 Å². The lowest BCUT2D eigenvalue weighted by molar-refractivity contribution is 0.0950. The number of hydrogen-bond acceptors (Lipinski definition) is 3. The van der Waals surface area contributed by atoms with Crippen molar-refractivity contribution in [3.8, 4) is 5.69 Å². The van der Waals surface area contributed by atoms with Crippen LogP contribution in [0.2, 0.25) is 5.02 Å². The minimum Gasteiger partial charge on any atom is -0.347 e. The van der Waals surface area contributed by atoms with Crippen LogP contribution in [-0.2, 0) is 0 Å². The quantitative estimate of drug-likeness (QED) is 0.880. The predicted octanol–water partition coefficient (Wildman–Crippen LogP) is 2.11. The molecule has 1 N–H and O–H groups in total. The summed E-state index contributed by atoms with van der Waals surface area (Å²) in [6.45, 7) is 5.49. The summed E-state index contributed by atoms with van der Waals surface area (Å²) in [6, 6.07) is 8.43. The van der Waals surface area contributed by atoms with Gasteiger partial charge in [-0.05, 0) is 19.1 Å². The second kappa shape index (κ2) is 6.37. The third kappa shape index (κ3) is 3.20. The van der Waals surface area contributed by atoms with E-state index in [9.17, 15) is 9.59 Å². The fourth-order valence-electron chi connectivity index (χ4n) is 1.82. The maximum absolute atomic E-state index is 11.9. The molecule has 1 heterocycles. The summed E-state index contributed by atoms with van der Waals surface area (Å²) < 4.78 is 1.48. The number of benzene rings is 1. The van der Waals surface area contributed by atoms with Crippen molar-refractivity contribution in [1.82, 2.24) is 15.1 Å². The highest BCUT2D eigenvalue weighted by Crippen LogP contribution is 2.19. The number of nitrogens with one attached hydrogen (secondary N) is 1. The topological polar surface area (TPSA) is 64.0 Å². The van der Waals surface area contributed by atoms with Gasteiger partial charge in [-0.25, -0.2) is 4.68 Å². The van der Waals surface area contributed by atoms with E-state index in [1.807, 2.05) is 0 Å². The van der Waals surface area contributed by atoms with E-state index in [-0.39, 0.29) is 12.2 Å². The summed E-state index contributed by atoms with van der Waals surface area (Å²) in [5.74, 6) is -0.541. The van der Waals surface area contributed by atoms with Crippen LogP contribution < -0.4 is 10.7 Å². The summed E-state index contributed by atoms with van der Waals surface area (Å²) >= 11 is 6.13. The molecule has 2 aromatic rings. The third-order valence-electron chi connectivity index (χ3n) is 2.81. The van der Waals surface area contributed by atoms with E-state index in [0.717, 1.165) is 0 Å². The zero-order valence-corrected chi connectivity index (χ0v) is 12.2. The van der Waals surface area contributed by atoms with Crippen molar-refractivity contribution >= 4 is 17.5 Å². The first-order valence-electron chi connectivity index (χ1n) is 6.29. The van der Waals surface area contributed by atoms with Crippen LogP contribution in [0.5, 0.6) is 0 Å². The van der Waals surface area contributed by atoms with Crippen molar-refractivity contribution in [1.29, 1.82) is 0 Å². The van der Waals surface area contributed by atoms with Crippen LogP contribution in [0.3, 0.4) is 0 Å². The zero-order chi connectivity index (χ0) is 15.4. The van der Waals surface area contributed by atoms with E-state index in [1.54, 1.807) is 31.2 Å². The summed E-state index contributed by atoms with van der Waals surface area (Å²) in [4.78, 5) is 23.9. The van der Waals surface area contributed by atoms with Crippen LogP contribution in [0.15, 0.2) is 47.8 Å². The smallest absolute Gasteiger partial charge is 0.276 e. The molecule has 2 rings (SSSR count). The molecular weight excluding hydrogens is 290 g/mol. The Morgan fingerprint density at radius 3 is 2.86 bits per heavy atom. The Kier molecular flexibility index (Phi) is 4.55. The SMILES string of the molecule is C=CCNC(=O)c1nn(-c2ccccc2Cl)c(C)cc1=O. The Labute approximate surface area is 126 Å². The first kappa shape index (κ1) is 15.0. The number of carbonyl (C=O) groups excluding carboxylic acids is 1.